The number of unbranched alkanes of at least 4 members (excludes halogenated alkanes) is 14. The van der Waals surface area contributed by atoms with Crippen molar-refractivity contribution in [3.63, 3.8) is 0 Å². The van der Waals surface area contributed by atoms with Crippen LogP contribution in [0.2, 0.25) is 0 Å². The second kappa shape index (κ2) is 29.8. The summed E-state index contributed by atoms with van der Waals surface area (Å²) in [6.07, 6.45) is 21.3. The summed E-state index contributed by atoms with van der Waals surface area (Å²) in [5.74, 6) is 11.6. The third-order valence-corrected chi connectivity index (χ3v) is 4.38. The van der Waals surface area contributed by atoms with Gasteiger partial charge in [-0.15, -0.1) is 17.8 Å². The molecule has 0 saturated carbocycles. The van der Waals surface area contributed by atoms with Crippen LogP contribution in [0.25, 0.3) is 0 Å². The Kier molecular flexibility index (Phi) is 31.2. The molecule has 0 aliphatic rings. The molecule has 0 saturated heterocycles. The first-order valence-corrected chi connectivity index (χ1v) is 11.5. The monoisotopic (exact) mass is 378 g/mol. The van der Waals surface area contributed by atoms with Crippen LogP contribution < -0.4 is 0 Å². The van der Waals surface area contributed by atoms with Crippen LogP contribution in [0, 0.1) is 23.7 Å². The van der Waals surface area contributed by atoms with Crippen LogP contribution in [0.3, 0.4) is 0 Å². The van der Waals surface area contributed by atoms with Crippen molar-refractivity contribution in [1.82, 2.24) is 0 Å². The van der Waals surface area contributed by atoms with Gasteiger partial charge in [0, 0.05) is 19.3 Å². The molecule has 0 spiro atoms. The highest BCUT2D eigenvalue weighted by Gasteiger charge is 1.89. The van der Waals surface area contributed by atoms with Gasteiger partial charge in [0.05, 0.1) is 6.61 Å². The molecule has 0 fully saturated rings. The lowest BCUT2D eigenvalue weighted by Gasteiger charge is -1.97. The van der Waals surface area contributed by atoms with Gasteiger partial charge in [-0.3, -0.25) is 0 Å². The average Bonchev–Trinajstić information content (AvgIpc) is 2.69. The number of aliphatic hydroxyl groups excluding tert-OH is 2. The predicted molar refractivity (Wildman–Crippen MR) is 120 cm³/mol. The normalized spacial score (nSPS) is 9.48. The maximum absolute atomic E-state index is 8.49. The third kappa shape index (κ3) is 33.1. The van der Waals surface area contributed by atoms with E-state index >= 15 is 0 Å². The molecule has 0 aliphatic carbocycles. The van der Waals surface area contributed by atoms with E-state index < -0.39 is 0 Å². The molecule has 0 aliphatic heterocycles. The van der Waals surface area contributed by atoms with E-state index in [0.29, 0.717) is 6.42 Å². The second-order valence-electron chi connectivity index (χ2n) is 7.08. The fourth-order valence-electron chi connectivity index (χ4n) is 2.72. The van der Waals surface area contributed by atoms with Gasteiger partial charge in [0.25, 0.3) is 0 Å². The van der Waals surface area contributed by atoms with Crippen molar-refractivity contribution in [1.29, 1.82) is 0 Å². The van der Waals surface area contributed by atoms with Gasteiger partial charge in [-0.05, 0) is 12.8 Å². The highest BCUT2D eigenvalue weighted by Crippen LogP contribution is 2.08. The molecule has 0 unspecified atom stereocenters. The fraction of sp³-hybridized carbons (Fsp3) is 0.840. The smallest absolute Gasteiger partial charge is 0.104 e. The zero-order valence-corrected chi connectivity index (χ0v) is 18.3. The fourth-order valence-corrected chi connectivity index (χ4v) is 2.72. The van der Waals surface area contributed by atoms with Crippen LogP contribution in [0.15, 0.2) is 0 Å². The van der Waals surface area contributed by atoms with Gasteiger partial charge in [-0.2, -0.15) is 0 Å². The zero-order chi connectivity index (χ0) is 20.3. The maximum atomic E-state index is 8.49. The Morgan fingerprint density at radius 3 is 1.22 bits per heavy atom. The predicted octanol–water partition coefficient (Wildman–Crippen LogP) is 6.64. The first-order chi connectivity index (χ1) is 13.3. The summed E-state index contributed by atoms with van der Waals surface area (Å²) in [7, 11) is 0. The first-order valence-electron chi connectivity index (χ1n) is 11.5. The highest BCUT2D eigenvalue weighted by atomic mass is 16.3. The molecular formula is C25H46O2. The Morgan fingerprint density at radius 1 is 0.444 bits per heavy atom. The van der Waals surface area contributed by atoms with E-state index in [0.717, 1.165) is 12.8 Å². The van der Waals surface area contributed by atoms with E-state index in [1.807, 2.05) is 0 Å². The van der Waals surface area contributed by atoms with Crippen LogP contribution in [0.4, 0.5) is 0 Å². The molecule has 2 nitrogen and oxygen atoms in total. The van der Waals surface area contributed by atoms with Crippen LogP contribution in [-0.4, -0.2) is 23.4 Å². The summed E-state index contributed by atoms with van der Waals surface area (Å²) in [4.78, 5) is 0. The van der Waals surface area contributed by atoms with Crippen molar-refractivity contribution in [3.05, 3.63) is 0 Å². The molecule has 27 heavy (non-hydrogen) atoms. The standard InChI is InChI=1S/C13H24O.C12H22O/c1-2-3-4-5-6-7-8-9-10-11-12-13-14;1-2-3-4-5-6-7-8-9-10-11-12-13/h14H,2-9,12-13H2,1H3;13H,2-9,12H2,1H3. The Hall–Kier alpha value is -0.960. The van der Waals surface area contributed by atoms with E-state index in [-0.39, 0.29) is 13.2 Å². The molecule has 2 N–H and O–H groups in total. The van der Waals surface area contributed by atoms with Crippen molar-refractivity contribution in [2.75, 3.05) is 13.2 Å². The molecule has 0 heterocycles. The lowest BCUT2D eigenvalue weighted by molar-refractivity contribution is 0.305. The molecule has 2 heteroatoms. The van der Waals surface area contributed by atoms with Gasteiger partial charge in [-0.25, -0.2) is 0 Å². The van der Waals surface area contributed by atoms with Crippen molar-refractivity contribution in [2.24, 2.45) is 0 Å². The van der Waals surface area contributed by atoms with Crippen molar-refractivity contribution in [2.45, 2.75) is 123 Å². The van der Waals surface area contributed by atoms with Crippen molar-refractivity contribution in [3.8, 4) is 23.7 Å². The summed E-state index contributed by atoms with van der Waals surface area (Å²) in [6, 6.07) is 0. The van der Waals surface area contributed by atoms with E-state index in [1.165, 1.54) is 89.9 Å². The van der Waals surface area contributed by atoms with Crippen molar-refractivity contribution < 1.29 is 10.2 Å². The average molecular weight is 379 g/mol. The highest BCUT2D eigenvalue weighted by molar-refractivity contribution is 4.98. The summed E-state index contributed by atoms with van der Waals surface area (Å²) >= 11 is 0. The number of aliphatic hydroxyl groups is 2. The minimum atomic E-state index is 0.0104. The van der Waals surface area contributed by atoms with E-state index in [2.05, 4.69) is 37.5 Å². The summed E-state index contributed by atoms with van der Waals surface area (Å²) in [5, 5.41) is 16.9. The minimum absolute atomic E-state index is 0.0104. The zero-order valence-electron chi connectivity index (χ0n) is 18.3. The number of rotatable bonds is 15. The maximum Gasteiger partial charge on any atom is 0.104 e. The Balaban J connectivity index is 0. The van der Waals surface area contributed by atoms with Crippen LogP contribution >= 0.6 is 0 Å². The van der Waals surface area contributed by atoms with Crippen LogP contribution in [0.5, 0.6) is 0 Å². The van der Waals surface area contributed by atoms with Gasteiger partial charge in [0.1, 0.15) is 6.61 Å². The molecular weight excluding hydrogens is 332 g/mol. The summed E-state index contributed by atoms with van der Waals surface area (Å²) in [5.41, 5.74) is 0. The van der Waals surface area contributed by atoms with Crippen LogP contribution in [0.1, 0.15) is 123 Å². The second-order valence-corrected chi connectivity index (χ2v) is 7.08. The van der Waals surface area contributed by atoms with E-state index in [9.17, 15) is 0 Å². The first kappa shape index (κ1) is 28.3. The largest absolute Gasteiger partial charge is 0.395 e. The lowest BCUT2D eigenvalue weighted by Crippen LogP contribution is -1.79. The van der Waals surface area contributed by atoms with Crippen molar-refractivity contribution >= 4 is 0 Å². The molecule has 0 atom stereocenters. The Bertz CT molecular complexity index is 367. The number of hydrogen-bond acceptors (Lipinski definition) is 2. The van der Waals surface area contributed by atoms with E-state index in [1.54, 1.807) is 0 Å². The third-order valence-electron chi connectivity index (χ3n) is 4.38. The molecule has 0 radical (unpaired) electrons. The molecule has 0 amide bonds. The number of hydrogen-bond donors (Lipinski definition) is 2. The molecule has 0 bridgehead atoms. The van der Waals surface area contributed by atoms with Crippen LogP contribution in [-0.2, 0) is 0 Å². The summed E-state index contributed by atoms with van der Waals surface area (Å²) in [6.45, 7) is 4.70. The molecule has 0 aromatic rings. The van der Waals surface area contributed by atoms with Gasteiger partial charge >= 0.3 is 0 Å². The lowest BCUT2D eigenvalue weighted by atomic mass is 10.1. The van der Waals surface area contributed by atoms with Gasteiger partial charge < -0.3 is 10.2 Å². The molecule has 0 rings (SSSR count). The molecule has 158 valence electrons. The SMILES string of the molecule is CCCCCCCCCC#CCCO.CCCCCCCCCC#CCO. The van der Waals surface area contributed by atoms with Gasteiger partial charge in [0.2, 0.25) is 0 Å². The van der Waals surface area contributed by atoms with E-state index in [4.69, 9.17) is 10.2 Å². The quantitative estimate of drug-likeness (QED) is 0.248. The topological polar surface area (TPSA) is 40.5 Å². The minimum Gasteiger partial charge on any atom is -0.395 e. The van der Waals surface area contributed by atoms with Gasteiger partial charge in [0.15, 0.2) is 0 Å². The Labute approximate surface area is 170 Å². The molecule has 0 aromatic heterocycles. The summed E-state index contributed by atoms with van der Waals surface area (Å²) < 4.78 is 0. The van der Waals surface area contributed by atoms with Gasteiger partial charge in [-0.1, -0.05) is 96.8 Å². The Morgan fingerprint density at radius 2 is 0.815 bits per heavy atom. The molecule has 0 aromatic carbocycles.